The molecule has 8 heteroatoms. The number of amides is 2. The molecule has 1 aliphatic heterocycles. The van der Waals surface area contributed by atoms with E-state index in [1.807, 2.05) is 4.90 Å². The van der Waals surface area contributed by atoms with Gasteiger partial charge in [-0.15, -0.1) is 0 Å². The van der Waals surface area contributed by atoms with Crippen LogP contribution in [0, 0.1) is 6.92 Å². The molecule has 0 spiro atoms. The second-order valence-corrected chi connectivity index (χ2v) is 8.07. The first-order valence-electron chi connectivity index (χ1n) is 8.77. The van der Waals surface area contributed by atoms with Crippen molar-refractivity contribution in [1.82, 2.24) is 19.8 Å². The van der Waals surface area contributed by atoms with E-state index in [2.05, 4.69) is 9.97 Å². The van der Waals surface area contributed by atoms with Crippen LogP contribution in [0.15, 0.2) is 16.0 Å². The van der Waals surface area contributed by atoms with Crippen molar-refractivity contribution in [2.75, 3.05) is 19.6 Å². The third kappa shape index (κ3) is 4.23. The molecule has 1 N–H and O–H groups in total. The summed E-state index contributed by atoms with van der Waals surface area (Å²) in [6, 6.07) is 1.77. The van der Waals surface area contributed by atoms with E-state index in [-0.39, 0.29) is 23.9 Å². The van der Waals surface area contributed by atoms with Gasteiger partial charge >= 0.3 is 0 Å². The third-order valence-electron chi connectivity index (χ3n) is 4.82. The van der Waals surface area contributed by atoms with E-state index in [9.17, 15) is 14.4 Å². The van der Waals surface area contributed by atoms with Gasteiger partial charge in [-0.25, -0.2) is 4.98 Å². The number of H-pyrrole nitrogens is 1. The minimum Gasteiger partial charge on any atom is -0.336 e. The number of piperazine rings is 1. The van der Waals surface area contributed by atoms with Crippen molar-refractivity contribution in [2.45, 2.75) is 56.0 Å². The van der Waals surface area contributed by atoms with Gasteiger partial charge < -0.3 is 14.8 Å². The number of nitrogens with one attached hydrogen (secondary N) is 1. The number of hydrogen-bond donors (Lipinski definition) is 1. The van der Waals surface area contributed by atoms with Crippen LogP contribution in [0.25, 0.3) is 0 Å². The zero-order chi connectivity index (χ0) is 18.0. The fourth-order valence-corrected chi connectivity index (χ4v) is 4.50. The number of aromatic nitrogens is 2. The number of aromatic amines is 1. The molecule has 7 nitrogen and oxygen atoms in total. The van der Waals surface area contributed by atoms with E-state index in [1.54, 1.807) is 18.7 Å². The smallest absolute Gasteiger partial charge is 0.251 e. The van der Waals surface area contributed by atoms with Crippen molar-refractivity contribution in [3.8, 4) is 0 Å². The van der Waals surface area contributed by atoms with Gasteiger partial charge in [0, 0.05) is 30.9 Å². The molecule has 1 atom stereocenters. The Hall–Kier alpha value is -1.83. The second kappa shape index (κ2) is 7.59. The number of carbonyl (C=O) groups excluding carboxylic acids is 2. The Kier molecular flexibility index (Phi) is 5.46. The summed E-state index contributed by atoms with van der Waals surface area (Å²) in [6.07, 6.45) is 4.54. The fourth-order valence-electron chi connectivity index (χ4n) is 3.56. The van der Waals surface area contributed by atoms with E-state index in [0.717, 1.165) is 12.8 Å². The van der Waals surface area contributed by atoms with Gasteiger partial charge in [0.15, 0.2) is 5.16 Å². The predicted octanol–water partition coefficient (Wildman–Crippen LogP) is 1.17. The first-order valence-corrected chi connectivity index (χ1v) is 9.65. The number of carbonyl (C=O) groups is 2. The topological polar surface area (TPSA) is 86.4 Å². The van der Waals surface area contributed by atoms with Gasteiger partial charge in [-0.05, 0) is 26.7 Å². The number of thioether (sulfide) groups is 1. The largest absolute Gasteiger partial charge is 0.336 e. The Balaban J connectivity index is 1.59. The lowest BCUT2D eigenvalue weighted by molar-refractivity contribution is -0.146. The Bertz CT molecular complexity index is 714. The molecular formula is C17H24N4O3S. The quantitative estimate of drug-likeness (QED) is 0.640. The molecule has 0 unspecified atom stereocenters. The third-order valence-corrected chi connectivity index (χ3v) is 5.79. The highest BCUT2D eigenvalue weighted by Crippen LogP contribution is 2.26. The average molecular weight is 364 g/mol. The predicted molar refractivity (Wildman–Crippen MR) is 95.5 cm³/mol. The molecule has 2 heterocycles. The first kappa shape index (κ1) is 18.0. The lowest BCUT2D eigenvalue weighted by atomic mass is 10.1. The highest BCUT2D eigenvalue weighted by Gasteiger charge is 2.34. The highest BCUT2D eigenvalue weighted by molar-refractivity contribution is 8.00. The molecule has 136 valence electrons. The van der Waals surface area contributed by atoms with E-state index < -0.39 is 5.25 Å². The maximum Gasteiger partial charge on any atom is 0.251 e. The summed E-state index contributed by atoms with van der Waals surface area (Å²) in [5.41, 5.74) is 0.390. The van der Waals surface area contributed by atoms with Gasteiger partial charge in [0.25, 0.3) is 5.56 Å². The molecule has 2 amide bonds. The molecule has 1 aromatic rings. The van der Waals surface area contributed by atoms with Crippen molar-refractivity contribution >= 4 is 23.6 Å². The summed E-state index contributed by atoms with van der Waals surface area (Å²) in [4.78, 5) is 47.1. The summed E-state index contributed by atoms with van der Waals surface area (Å²) < 4.78 is 0. The minimum absolute atomic E-state index is 0.0470. The minimum atomic E-state index is -0.407. The second-order valence-electron chi connectivity index (χ2n) is 6.74. The molecule has 2 aliphatic rings. The molecule has 1 saturated heterocycles. The van der Waals surface area contributed by atoms with Crippen LogP contribution < -0.4 is 5.56 Å². The van der Waals surface area contributed by atoms with Crippen LogP contribution in [0.3, 0.4) is 0 Å². The Labute approximate surface area is 151 Å². The van der Waals surface area contributed by atoms with Crippen LogP contribution in [-0.2, 0) is 9.59 Å². The molecular weight excluding hydrogens is 340 g/mol. The van der Waals surface area contributed by atoms with Crippen LogP contribution in [0.1, 0.15) is 38.3 Å². The Morgan fingerprint density at radius 1 is 1.32 bits per heavy atom. The van der Waals surface area contributed by atoms with Crippen molar-refractivity contribution in [3.05, 3.63) is 22.1 Å². The molecule has 25 heavy (non-hydrogen) atoms. The normalized spacial score (nSPS) is 20.2. The lowest BCUT2D eigenvalue weighted by Gasteiger charge is -2.38. The summed E-state index contributed by atoms with van der Waals surface area (Å²) >= 11 is 1.22. The Morgan fingerprint density at radius 3 is 2.68 bits per heavy atom. The standard InChI is InChI=1S/C17H24N4O3S/c1-11-9-14(22)19-17(18-11)25-12(2)16(24)20-7-8-21(15(23)10-20)13-5-3-4-6-13/h9,12-13H,3-8,10H2,1-2H3,(H,18,19,22)/t12-/m0/s1. The number of hydrogen-bond acceptors (Lipinski definition) is 5. The van der Waals surface area contributed by atoms with Crippen molar-refractivity contribution in [2.24, 2.45) is 0 Å². The van der Waals surface area contributed by atoms with Gasteiger partial charge in [0.05, 0.1) is 11.8 Å². The van der Waals surface area contributed by atoms with Crippen LogP contribution in [-0.4, -0.2) is 62.5 Å². The molecule has 2 fully saturated rings. The summed E-state index contributed by atoms with van der Waals surface area (Å²) in [6.45, 7) is 4.86. The van der Waals surface area contributed by atoms with Crippen LogP contribution in [0.4, 0.5) is 0 Å². The van der Waals surface area contributed by atoms with E-state index >= 15 is 0 Å². The molecule has 0 radical (unpaired) electrons. The molecule has 1 aliphatic carbocycles. The summed E-state index contributed by atoms with van der Waals surface area (Å²) in [7, 11) is 0. The van der Waals surface area contributed by atoms with E-state index in [0.29, 0.717) is 30.0 Å². The Morgan fingerprint density at radius 2 is 2.04 bits per heavy atom. The monoisotopic (exact) mass is 364 g/mol. The van der Waals surface area contributed by atoms with Crippen LogP contribution in [0.2, 0.25) is 0 Å². The molecule has 0 bridgehead atoms. The van der Waals surface area contributed by atoms with Gasteiger partial charge in [-0.3, -0.25) is 14.4 Å². The van der Waals surface area contributed by atoms with Crippen LogP contribution >= 0.6 is 11.8 Å². The van der Waals surface area contributed by atoms with Gasteiger partial charge in [-0.1, -0.05) is 24.6 Å². The van der Waals surface area contributed by atoms with Crippen molar-refractivity contribution in [1.29, 1.82) is 0 Å². The maximum absolute atomic E-state index is 12.7. The molecule has 1 saturated carbocycles. The van der Waals surface area contributed by atoms with Crippen molar-refractivity contribution in [3.63, 3.8) is 0 Å². The zero-order valence-electron chi connectivity index (χ0n) is 14.7. The van der Waals surface area contributed by atoms with Gasteiger partial charge in [-0.2, -0.15) is 0 Å². The lowest BCUT2D eigenvalue weighted by Crippen LogP contribution is -2.56. The summed E-state index contributed by atoms with van der Waals surface area (Å²) in [5.74, 6) is -0.0423. The van der Waals surface area contributed by atoms with Crippen LogP contribution in [0.5, 0.6) is 0 Å². The van der Waals surface area contributed by atoms with Gasteiger partial charge in [0.1, 0.15) is 0 Å². The molecule has 3 rings (SSSR count). The molecule has 1 aromatic heterocycles. The van der Waals surface area contributed by atoms with E-state index in [4.69, 9.17) is 0 Å². The van der Waals surface area contributed by atoms with Gasteiger partial charge in [0.2, 0.25) is 11.8 Å². The van der Waals surface area contributed by atoms with E-state index in [1.165, 1.54) is 30.7 Å². The fraction of sp³-hybridized carbons (Fsp3) is 0.647. The SMILES string of the molecule is Cc1cc(=O)[nH]c(S[C@@H](C)C(=O)N2CCN(C3CCCC3)C(=O)C2)n1. The average Bonchev–Trinajstić information content (AvgIpc) is 3.07. The number of aryl methyl sites for hydroxylation is 1. The summed E-state index contributed by atoms with van der Waals surface area (Å²) in [5, 5.41) is 0.0255. The zero-order valence-corrected chi connectivity index (χ0v) is 15.5. The first-order chi connectivity index (χ1) is 11.9. The maximum atomic E-state index is 12.7. The highest BCUT2D eigenvalue weighted by atomic mass is 32.2. The number of rotatable bonds is 4. The molecule has 0 aromatic carbocycles. The van der Waals surface area contributed by atoms with Crippen molar-refractivity contribution < 1.29 is 9.59 Å². The number of nitrogens with zero attached hydrogens (tertiary/aromatic N) is 3.